The highest BCUT2D eigenvalue weighted by atomic mass is 32.1. The second-order valence-electron chi connectivity index (χ2n) is 8.90. The maximum absolute atomic E-state index is 13.5. The summed E-state index contributed by atoms with van der Waals surface area (Å²) in [5.74, 6) is -0.560. The van der Waals surface area contributed by atoms with Crippen molar-refractivity contribution in [1.29, 1.82) is 0 Å². The van der Waals surface area contributed by atoms with E-state index in [0.29, 0.717) is 34.1 Å². The Bertz CT molecular complexity index is 1290. The third-order valence-corrected chi connectivity index (χ3v) is 7.31. The summed E-state index contributed by atoms with van der Waals surface area (Å²) in [5, 5.41) is 8.05. The van der Waals surface area contributed by atoms with Crippen LogP contribution >= 0.6 is 11.3 Å². The van der Waals surface area contributed by atoms with Crippen LogP contribution in [0.15, 0.2) is 71.9 Å². The smallest absolute Gasteiger partial charge is 0.350 e. The molecule has 0 bridgehead atoms. The van der Waals surface area contributed by atoms with E-state index in [4.69, 9.17) is 14.2 Å². The molecule has 0 aliphatic carbocycles. The van der Waals surface area contributed by atoms with Crippen molar-refractivity contribution in [1.82, 2.24) is 10.3 Å². The van der Waals surface area contributed by atoms with Crippen LogP contribution in [0, 0.1) is 5.92 Å². The number of nitrogens with zero attached hydrogens (tertiary/aromatic N) is 1. The predicted molar refractivity (Wildman–Crippen MR) is 155 cm³/mol. The molecule has 40 heavy (non-hydrogen) atoms. The van der Waals surface area contributed by atoms with Crippen molar-refractivity contribution in [2.24, 2.45) is 5.92 Å². The summed E-state index contributed by atoms with van der Waals surface area (Å²) in [6, 6.07) is 13.2. The van der Waals surface area contributed by atoms with E-state index in [-0.39, 0.29) is 18.2 Å². The van der Waals surface area contributed by atoms with E-state index in [0.717, 1.165) is 18.4 Å². The summed E-state index contributed by atoms with van der Waals surface area (Å²) in [4.78, 5) is 42.8. The number of esters is 2. The third kappa shape index (κ3) is 8.24. The van der Waals surface area contributed by atoms with Gasteiger partial charge in [-0.25, -0.2) is 14.6 Å². The van der Waals surface area contributed by atoms with Crippen molar-refractivity contribution in [3.8, 4) is 5.88 Å². The van der Waals surface area contributed by atoms with Crippen LogP contribution in [-0.4, -0.2) is 50.0 Å². The van der Waals surface area contributed by atoms with E-state index < -0.39 is 18.0 Å². The zero-order valence-electron chi connectivity index (χ0n) is 23.1. The largest absolute Gasteiger partial charge is 0.481 e. The molecule has 0 aliphatic rings. The number of carbonyl (C=O) groups is 3. The Hall–Kier alpha value is -4.02. The SMILES string of the molecule is CCC(CC)C(=COC(=O)C(Nc1ccsc1C(=O)OC)c1ccc(OC)nc1)CNCC(=O)c1ccccc1. The molecule has 1 unspecified atom stereocenters. The lowest BCUT2D eigenvalue weighted by molar-refractivity contribution is -0.139. The molecule has 10 heteroatoms. The normalized spacial score (nSPS) is 12.1. The third-order valence-electron chi connectivity index (χ3n) is 6.42. The Morgan fingerprint density at radius 1 is 1.00 bits per heavy atom. The van der Waals surface area contributed by atoms with Gasteiger partial charge in [0.1, 0.15) is 4.88 Å². The topological polar surface area (TPSA) is 116 Å². The number of hydrogen-bond acceptors (Lipinski definition) is 10. The number of benzene rings is 1. The van der Waals surface area contributed by atoms with Gasteiger partial charge in [-0.1, -0.05) is 44.2 Å². The van der Waals surface area contributed by atoms with Crippen molar-refractivity contribution in [3.63, 3.8) is 0 Å². The number of thiophene rings is 1. The number of pyridine rings is 1. The molecule has 2 heterocycles. The highest BCUT2D eigenvalue weighted by molar-refractivity contribution is 7.12. The average Bonchev–Trinajstić information content (AvgIpc) is 3.47. The highest BCUT2D eigenvalue weighted by Gasteiger charge is 2.26. The first-order chi connectivity index (χ1) is 19.4. The minimum absolute atomic E-state index is 0.0186. The summed E-state index contributed by atoms with van der Waals surface area (Å²) in [6.07, 6.45) is 4.68. The molecule has 0 aliphatic heterocycles. The maximum Gasteiger partial charge on any atom is 0.350 e. The van der Waals surface area contributed by atoms with E-state index >= 15 is 0 Å². The Morgan fingerprint density at radius 2 is 1.75 bits per heavy atom. The number of aromatic nitrogens is 1. The van der Waals surface area contributed by atoms with Gasteiger partial charge in [-0.3, -0.25) is 4.79 Å². The van der Waals surface area contributed by atoms with E-state index in [1.807, 2.05) is 18.2 Å². The van der Waals surface area contributed by atoms with Crippen LogP contribution in [0.25, 0.3) is 0 Å². The van der Waals surface area contributed by atoms with Gasteiger partial charge in [0.15, 0.2) is 11.8 Å². The number of methoxy groups -OCH3 is 2. The molecule has 0 amide bonds. The van der Waals surface area contributed by atoms with Gasteiger partial charge in [-0.2, -0.15) is 0 Å². The lowest BCUT2D eigenvalue weighted by atomic mass is 9.94. The lowest BCUT2D eigenvalue weighted by Gasteiger charge is -2.20. The predicted octanol–water partition coefficient (Wildman–Crippen LogP) is 5.43. The van der Waals surface area contributed by atoms with Crippen LogP contribution in [0.3, 0.4) is 0 Å². The molecule has 1 aromatic carbocycles. The molecule has 2 N–H and O–H groups in total. The standard InChI is InChI=1S/C30H35N3O6S/c1-5-20(6-2)23(16-31-18-25(34)21-10-8-7-9-11-21)19-39-29(35)27(22-12-13-26(37-3)32-17-22)33-24-14-15-40-28(24)30(36)38-4/h7-15,17,19-20,27,31,33H,5-6,16,18H2,1-4H3. The van der Waals surface area contributed by atoms with Crippen LogP contribution in [-0.2, 0) is 14.3 Å². The van der Waals surface area contributed by atoms with E-state index in [2.05, 4.69) is 29.5 Å². The molecule has 2 aromatic heterocycles. The second-order valence-corrected chi connectivity index (χ2v) is 9.82. The second kappa shape index (κ2) is 15.5. The Balaban J connectivity index is 1.80. The molecule has 212 valence electrons. The molecule has 0 spiro atoms. The van der Waals surface area contributed by atoms with E-state index in [9.17, 15) is 14.4 Å². The summed E-state index contributed by atoms with van der Waals surface area (Å²) in [6.45, 7) is 4.68. The Morgan fingerprint density at radius 3 is 2.38 bits per heavy atom. The van der Waals surface area contributed by atoms with Crippen molar-refractivity contribution >= 4 is 34.7 Å². The highest BCUT2D eigenvalue weighted by Crippen LogP contribution is 2.29. The van der Waals surface area contributed by atoms with Crippen LogP contribution < -0.4 is 15.4 Å². The van der Waals surface area contributed by atoms with Crippen LogP contribution in [0.5, 0.6) is 5.88 Å². The molecule has 3 aromatic rings. The summed E-state index contributed by atoms with van der Waals surface area (Å²) in [5.41, 5.74) is 2.48. The van der Waals surface area contributed by atoms with Crippen LogP contribution in [0.2, 0.25) is 0 Å². The van der Waals surface area contributed by atoms with Gasteiger partial charge in [0.25, 0.3) is 0 Å². The number of nitrogens with one attached hydrogen (secondary N) is 2. The van der Waals surface area contributed by atoms with Crippen molar-refractivity contribution in [2.75, 3.05) is 32.6 Å². The van der Waals surface area contributed by atoms with Gasteiger partial charge in [-0.15, -0.1) is 11.3 Å². The number of rotatable bonds is 15. The number of anilines is 1. The number of carbonyl (C=O) groups excluding carboxylic acids is 3. The number of Topliss-reactive ketones (excluding diaryl/α,β-unsaturated/α-hetero) is 1. The van der Waals surface area contributed by atoms with Gasteiger partial charge >= 0.3 is 11.9 Å². The average molecular weight is 566 g/mol. The van der Waals surface area contributed by atoms with E-state index in [1.165, 1.54) is 38.0 Å². The van der Waals surface area contributed by atoms with Gasteiger partial charge in [-0.05, 0) is 41.8 Å². The van der Waals surface area contributed by atoms with Gasteiger partial charge in [0.05, 0.1) is 32.7 Å². The fourth-order valence-corrected chi connectivity index (χ4v) is 4.91. The number of ketones is 1. The summed E-state index contributed by atoms with van der Waals surface area (Å²) < 4.78 is 15.7. The molecular formula is C30H35N3O6S. The van der Waals surface area contributed by atoms with Crippen molar-refractivity contribution in [2.45, 2.75) is 32.7 Å². The molecule has 9 nitrogen and oxygen atoms in total. The zero-order valence-corrected chi connectivity index (χ0v) is 24.0. The summed E-state index contributed by atoms with van der Waals surface area (Å²) >= 11 is 1.20. The van der Waals surface area contributed by atoms with Crippen molar-refractivity contribution < 1.29 is 28.6 Å². The quantitative estimate of drug-likeness (QED) is 0.141. The minimum Gasteiger partial charge on any atom is -0.481 e. The monoisotopic (exact) mass is 565 g/mol. The van der Waals surface area contributed by atoms with Gasteiger partial charge in [0, 0.05) is 29.9 Å². The van der Waals surface area contributed by atoms with Crippen molar-refractivity contribution in [3.05, 3.63) is 87.9 Å². The maximum atomic E-state index is 13.5. The Kier molecular flexibility index (Phi) is 11.9. The lowest BCUT2D eigenvalue weighted by Crippen LogP contribution is -2.28. The molecule has 1 atom stereocenters. The molecule has 0 saturated heterocycles. The molecule has 0 fully saturated rings. The zero-order chi connectivity index (χ0) is 28.9. The first kappa shape index (κ1) is 30.5. The van der Waals surface area contributed by atoms with Crippen LogP contribution in [0.1, 0.15) is 58.3 Å². The molecular weight excluding hydrogens is 530 g/mol. The minimum atomic E-state index is -0.969. The summed E-state index contributed by atoms with van der Waals surface area (Å²) in [7, 11) is 2.81. The van der Waals surface area contributed by atoms with Gasteiger partial charge in [0.2, 0.25) is 5.88 Å². The molecule has 3 rings (SSSR count). The van der Waals surface area contributed by atoms with Crippen LogP contribution in [0.4, 0.5) is 5.69 Å². The number of ether oxygens (including phenoxy) is 3. The van der Waals surface area contributed by atoms with Gasteiger partial charge < -0.3 is 24.8 Å². The first-order valence-electron chi connectivity index (χ1n) is 13.0. The fraction of sp³-hybridized carbons (Fsp3) is 0.333. The Labute approximate surface area is 238 Å². The first-order valence-corrected chi connectivity index (χ1v) is 13.9. The molecule has 0 radical (unpaired) electrons. The number of hydrogen-bond donors (Lipinski definition) is 2. The van der Waals surface area contributed by atoms with E-state index in [1.54, 1.807) is 35.7 Å². The molecule has 0 saturated carbocycles. The fourth-order valence-electron chi connectivity index (χ4n) is 4.13.